The van der Waals surface area contributed by atoms with Gasteiger partial charge in [0.1, 0.15) is 5.75 Å². The molecule has 1 aromatic rings. The fourth-order valence-corrected chi connectivity index (χ4v) is 2.07. The second kappa shape index (κ2) is 7.97. The highest BCUT2D eigenvalue weighted by Crippen LogP contribution is 2.37. The number of methoxy groups -OCH3 is 3. The zero-order valence-electron chi connectivity index (χ0n) is 13.0. The Kier molecular flexibility index (Phi) is 6.61. The molecule has 0 radical (unpaired) electrons. The third-order valence-electron chi connectivity index (χ3n) is 3.45. The fraction of sp³-hybridized carbons (Fsp3) is 0.600. The fourth-order valence-electron chi connectivity index (χ4n) is 2.07. The minimum Gasteiger partial charge on any atom is -0.496 e. The summed E-state index contributed by atoms with van der Waals surface area (Å²) in [6.07, 6.45) is 1.03. The summed E-state index contributed by atoms with van der Waals surface area (Å²) in [6, 6.07) is 4.14. The summed E-state index contributed by atoms with van der Waals surface area (Å²) in [7, 11) is 4.87. The van der Waals surface area contributed by atoms with Crippen LogP contribution in [0.3, 0.4) is 0 Å². The van der Waals surface area contributed by atoms with Crippen molar-refractivity contribution in [2.75, 3.05) is 27.9 Å². The van der Waals surface area contributed by atoms with Crippen LogP contribution in [0.1, 0.15) is 31.9 Å². The molecule has 0 saturated carbocycles. The molecule has 2 atom stereocenters. The summed E-state index contributed by atoms with van der Waals surface area (Å²) in [4.78, 5) is 0. The van der Waals surface area contributed by atoms with E-state index >= 15 is 0 Å². The van der Waals surface area contributed by atoms with Crippen molar-refractivity contribution >= 4 is 0 Å². The molecule has 0 heterocycles. The Hall–Kier alpha value is -1.46. The molecule has 20 heavy (non-hydrogen) atoms. The first kappa shape index (κ1) is 16.6. The lowest BCUT2D eigenvalue weighted by molar-refractivity contribution is 0.343. The molecule has 0 fully saturated rings. The van der Waals surface area contributed by atoms with E-state index in [9.17, 15) is 0 Å². The molecule has 0 aliphatic rings. The van der Waals surface area contributed by atoms with Gasteiger partial charge in [0.05, 0.1) is 21.3 Å². The average molecular weight is 282 g/mol. The molecule has 2 unspecified atom stereocenters. The van der Waals surface area contributed by atoms with Gasteiger partial charge in [-0.2, -0.15) is 0 Å². The van der Waals surface area contributed by atoms with Crippen LogP contribution in [0.25, 0.3) is 0 Å². The van der Waals surface area contributed by atoms with Crippen molar-refractivity contribution < 1.29 is 14.2 Å². The largest absolute Gasteiger partial charge is 0.496 e. The van der Waals surface area contributed by atoms with Crippen molar-refractivity contribution in [3.63, 3.8) is 0 Å². The molecule has 1 aromatic carbocycles. The number of rotatable bonds is 8. The van der Waals surface area contributed by atoms with Crippen LogP contribution in [-0.4, -0.2) is 33.9 Å². The molecule has 3 N–H and O–H groups in total. The van der Waals surface area contributed by atoms with Gasteiger partial charge in [-0.05, 0) is 19.4 Å². The van der Waals surface area contributed by atoms with E-state index < -0.39 is 0 Å². The van der Waals surface area contributed by atoms with Crippen molar-refractivity contribution in [3.8, 4) is 17.2 Å². The van der Waals surface area contributed by atoms with Gasteiger partial charge in [-0.3, -0.25) is 0 Å². The predicted molar refractivity (Wildman–Crippen MR) is 80.8 cm³/mol. The van der Waals surface area contributed by atoms with Gasteiger partial charge in [-0.15, -0.1) is 0 Å². The van der Waals surface area contributed by atoms with Crippen LogP contribution in [0.15, 0.2) is 12.1 Å². The third-order valence-corrected chi connectivity index (χ3v) is 3.45. The van der Waals surface area contributed by atoms with Gasteiger partial charge < -0.3 is 25.3 Å². The monoisotopic (exact) mass is 282 g/mol. The number of nitrogens with one attached hydrogen (secondary N) is 1. The molecular weight excluding hydrogens is 256 g/mol. The average Bonchev–Trinajstić information content (AvgIpc) is 2.50. The Bertz CT molecular complexity index is 424. The third kappa shape index (κ3) is 3.77. The molecule has 1 rings (SSSR count). The Morgan fingerprint density at radius 2 is 1.60 bits per heavy atom. The molecule has 0 aromatic heterocycles. The predicted octanol–water partition coefficient (Wildman–Crippen LogP) is 2.10. The van der Waals surface area contributed by atoms with Gasteiger partial charge in [-0.1, -0.05) is 6.92 Å². The molecule has 0 aliphatic carbocycles. The normalized spacial score (nSPS) is 13.7. The SMILES string of the molecule is CCC(C)NC(CN)c1cc(OC)c(OC)cc1OC. The second-order valence-corrected chi connectivity index (χ2v) is 4.71. The van der Waals surface area contributed by atoms with Crippen molar-refractivity contribution in [2.24, 2.45) is 5.73 Å². The van der Waals surface area contributed by atoms with E-state index in [1.165, 1.54) is 0 Å². The van der Waals surface area contributed by atoms with Crippen LogP contribution >= 0.6 is 0 Å². The number of hydrogen-bond donors (Lipinski definition) is 2. The summed E-state index contributed by atoms with van der Waals surface area (Å²) < 4.78 is 16.1. The van der Waals surface area contributed by atoms with Crippen molar-refractivity contribution in [1.29, 1.82) is 0 Å². The van der Waals surface area contributed by atoms with Crippen molar-refractivity contribution in [2.45, 2.75) is 32.4 Å². The van der Waals surface area contributed by atoms with Gasteiger partial charge in [0.15, 0.2) is 11.5 Å². The lowest BCUT2D eigenvalue weighted by atomic mass is 10.0. The van der Waals surface area contributed by atoms with Gasteiger partial charge in [0, 0.05) is 30.3 Å². The molecular formula is C15H26N2O3. The smallest absolute Gasteiger partial charge is 0.164 e. The van der Waals surface area contributed by atoms with E-state index in [4.69, 9.17) is 19.9 Å². The first-order chi connectivity index (χ1) is 9.60. The zero-order valence-corrected chi connectivity index (χ0v) is 13.0. The summed E-state index contributed by atoms with van der Waals surface area (Å²) in [6.45, 7) is 4.75. The van der Waals surface area contributed by atoms with Crippen LogP contribution in [0, 0.1) is 0 Å². The van der Waals surface area contributed by atoms with Crippen molar-refractivity contribution in [3.05, 3.63) is 17.7 Å². The maximum atomic E-state index is 5.90. The molecule has 0 saturated heterocycles. The minimum atomic E-state index is 0.0136. The summed E-state index contributed by atoms with van der Waals surface area (Å²) >= 11 is 0. The van der Waals surface area contributed by atoms with E-state index in [-0.39, 0.29) is 6.04 Å². The topological polar surface area (TPSA) is 65.7 Å². The molecule has 114 valence electrons. The highest BCUT2D eigenvalue weighted by Gasteiger charge is 2.20. The number of ether oxygens (including phenoxy) is 3. The second-order valence-electron chi connectivity index (χ2n) is 4.71. The molecule has 0 spiro atoms. The molecule has 5 nitrogen and oxygen atoms in total. The molecule has 0 bridgehead atoms. The van der Waals surface area contributed by atoms with Crippen molar-refractivity contribution in [1.82, 2.24) is 5.32 Å². The maximum Gasteiger partial charge on any atom is 0.164 e. The van der Waals surface area contributed by atoms with E-state index in [0.29, 0.717) is 24.1 Å². The Labute approximate surface area is 121 Å². The lowest BCUT2D eigenvalue weighted by Crippen LogP contribution is -2.34. The van der Waals surface area contributed by atoms with Gasteiger partial charge in [0.25, 0.3) is 0 Å². The summed E-state index contributed by atoms with van der Waals surface area (Å²) in [5, 5.41) is 3.49. The quantitative estimate of drug-likeness (QED) is 0.764. The van der Waals surface area contributed by atoms with E-state index in [1.54, 1.807) is 21.3 Å². The van der Waals surface area contributed by atoms with Crippen LogP contribution in [0.2, 0.25) is 0 Å². The standard InChI is InChI=1S/C15H26N2O3/c1-6-10(2)17-12(9-16)11-7-14(19-4)15(20-5)8-13(11)18-3/h7-8,10,12,17H,6,9,16H2,1-5H3. The number of hydrogen-bond acceptors (Lipinski definition) is 5. The highest BCUT2D eigenvalue weighted by molar-refractivity contribution is 5.52. The first-order valence-corrected chi connectivity index (χ1v) is 6.87. The lowest BCUT2D eigenvalue weighted by Gasteiger charge is -2.24. The van der Waals surface area contributed by atoms with Gasteiger partial charge in [0.2, 0.25) is 0 Å². The Balaban J connectivity index is 3.18. The molecule has 5 heteroatoms. The number of benzene rings is 1. The summed E-state index contributed by atoms with van der Waals surface area (Å²) in [5.41, 5.74) is 6.88. The first-order valence-electron chi connectivity index (χ1n) is 6.87. The minimum absolute atomic E-state index is 0.0136. The highest BCUT2D eigenvalue weighted by atomic mass is 16.5. The van der Waals surface area contributed by atoms with Crippen LogP contribution in [-0.2, 0) is 0 Å². The van der Waals surface area contributed by atoms with Crippen LogP contribution in [0.5, 0.6) is 17.2 Å². The van der Waals surface area contributed by atoms with E-state index in [1.807, 2.05) is 12.1 Å². The zero-order chi connectivity index (χ0) is 15.1. The molecule has 0 amide bonds. The maximum absolute atomic E-state index is 5.90. The summed E-state index contributed by atoms with van der Waals surface area (Å²) in [5.74, 6) is 2.06. The van der Waals surface area contributed by atoms with Crippen LogP contribution in [0.4, 0.5) is 0 Å². The Morgan fingerprint density at radius 1 is 1.05 bits per heavy atom. The van der Waals surface area contributed by atoms with Crippen LogP contribution < -0.4 is 25.3 Å². The number of nitrogens with two attached hydrogens (primary N) is 1. The van der Waals surface area contributed by atoms with Gasteiger partial charge in [-0.25, -0.2) is 0 Å². The van der Waals surface area contributed by atoms with Gasteiger partial charge >= 0.3 is 0 Å². The van der Waals surface area contributed by atoms with E-state index in [0.717, 1.165) is 17.7 Å². The molecule has 0 aliphatic heterocycles. The Morgan fingerprint density at radius 3 is 2.05 bits per heavy atom. The van der Waals surface area contributed by atoms with E-state index in [2.05, 4.69) is 19.2 Å².